The van der Waals surface area contributed by atoms with Crippen molar-refractivity contribution in [1.29, 1.82) is 0 Å². The van der Waals surface area contributed by atoms with E-state index in [2.05, 4.69) is 19.1 Å². The van der Waals surface area contributed by atoms with Crippen LogP contribution in [0.2, 0.25) is 0 Å². The lowest BCUT2D eigenvalue weighted by molar-refractivity contribution is 0.117. The summed E-state index contributed by atoms with van der Waals surface area (Å²) in [6.45, 7) is 4.03. The van der Waals surface area contributed by atoms with Gasteiger partial charge in [0.25, 0.3) is 0 Å². The van der Waals surface area contributed by atoms with Gasteiger partial charge in [-0.15, -0.1) is 0 Å². The van der Waals surface area contributed by atoms with Crippen LogP contribution in [0.15, 0.2) is 12.2 Å². The Kier molecular flexibility index (Phi) is 3.80. The number of rotatable bonds is 3. The third-order valence-electron chi connectivity index (χ3n) is 2.91. The Labute approximate surface area is 75.5 Å². The molecule has 1 heteroatoms. The SMILES string of the molecule is CC(O)C(C)C[C@H]1CC=CCC1. The third-order valence-corrected chi connectivity index (χ3v) is 2.91. The van der Waals surface area contributed by atoms with Gasteiger partial charge < -0.3 is 5.11 Å². The molecule has 70 valence electrons. The zero-order valence-corrected chi connectivity index (χ0v) is 8.16. The minimum Gasteiger partial charge on any atom is -0.393 e. The number of aliphatic hydroxyl groups is 1. The van der Waals surface area contributed by atoms with Crippen molar-refractivity contribution in [3.05, 3.63) is 12.2 Å². The Bertz CT molecular complexity index is 149. The first-order valence-corrected chi connectivity index (χ1v) is 5.03. The molecule has 1 aliphatic carbocycles. The first-order valence-electron chi connectivity index (χ1n) is 5.03. The molecule has 1 aliphatic rings. The molecule has 0 saturated heterocycles. The molecule has 0 spiro atoms. The summed E-state index contributed by atoms with van der Waals surface area (Å²) in [4.78, 5) is 0. The highest BCUT2D eigenvalue weighted by atomic mass is 16.3. The van der Waals surface area contributed by atoms with Crippen molar-refractivity contribution >= 4 is 0 Å². The highest BCUT2D eigenvalue weighted by Crippen LogP contribution is 2.26. The highest BCUT2D eigenvalue weighted by Gasteiger charge is 2.16. The zero-order chi connectivity index (χ0) is 8.97. The molecule has 0 radical (unpaired) electrons. The minimum absolute atomic E-state index is 0.143. The smallest absolute Gasteiger partial charge is 0.0537 e. The first kappa shape index (κ1) is 9.79. The van der Waals surface area contributed by atoms with Crippen LogP contribution in [0.1, 0.15) is 39.5 Å². The van der Waals surface area contributed by atoms with E-state index >= 15 is 0 Å². The average molecular weight is 168 g/mol. The molecule has 3 atom stereocenters. The predicted octanol–water partition coefficient (Wildman–Crippen LogP) is 2.75. The van der Waals surface area contributed by atoms with E-state index in [4.69, 9.17) is 0 Å². The average Bonchev–Trinajstić information content (AvgIpc) is 2.06. The summed E-state index contributed by atoms with van der Waals surface area (Å²) >= 11 is 0. The van der Waals surface area contributed by atoms with Crippen LogP contribution in [0, 0.1) is 11.8 Å². The molecule has 12 heavy (non-hydrogen) atoms. The monoisotopic (exact) mass is 168 g/mol. The Morgan fingerprint density at radius 1 is 1.42 bits per heavy atom. The summed E-state index contributed by atoms with van der Waals surface area (Å²) < 4.78 is 0. The van der Waals surface area contributed by atoms with Gasteiger partial charge in [0.2, 0.25) is 0 Å². The largest absolute Gasteiger partial charge is 0.393 e. The van der Waals surface area contributed by atoms with Crippen LogP contribution in [0.25, 0.3) is 0 Å². The third kappa shape index (κ3) is 2.98. The van der Waals surface area contributed by atoms with E-state index in [1.165, 1.54) is 25.7 Å². The van der Waals surface area contributed by atoms with Crippen LogP contribution < -0.4 is 0 Å². The van der Waals surface area contributed by atoms with Gasteiger partial charge in [0.05, 0.1) is 6.10 Å². The summed E-state index contributed by atoms with van der Waals surface area (Å²) in [5, 5.41) is 9.33. The van der Waals surface area contributed by atoms with E-state index in [1.54, 1.807) is 0 Å². The predicted molar refractivity (Wildman–Crippen MR) is 51.9 cm³/mol. The Balaban J connectivity index is 2.25. The lowest BCUT2D eigenvalue weighted by Crippen LogP contribution is -2.17. The lowest BCUT2D eigenvalue weighted by atomic mass is 9.85. The number of hydrogen-bond donors (Lipinski definition) is 1. The van der Waals surface area contributed by atoms with Gasteiger partial charge in [0.15, 0.2) is 0 Å². The van der Waals surface area contributed by atoms with Crippen LogP contribution >= 0.6 is 0 Å². The molecule has 0 amide bonds. The molecule has 0 aromatic rings. The van der Waals surface area contributed by atoms with Gasteiger partial charge in [-0.3, -0.25) is 0 Å². The number of allylic oxidation sites excluding steroid dienone is 2. The normalized spacial score (nSPS) is 28.4. The summed E-state index contributed by atoms with van der Waals surface area (Å²) in [6.07, 6.45) is 9.35. The molecule has 0 aromatic heterocycles. The fourth-order valence-electron chi connectivity index (χ4n) is 1.79. The molecule has 0 heterocycles. The van der Waals surface area contributed by atoms with Crippen molar-refractivity contribution in [3.63, 3.8) is 0 Å². The quantitative estimate of drug-likeness (QED) is 0.642. The van der Waals surface area contributed by atoms with E-state index in [0.29, 0.717) is 5.92 Å². The Morgan fingerprint density at radius 3 is 2.67 bits per heavy atom. The fourth-order valence-corrected chi connectivity index (χ4v) is 1.79. The maximum absolute atomic E-state index is 9.33. The van der Waals surface area contributed by atoms with Crippen LogP contribution in [-0.2, 0) is 0 Å². The maximum Gasteiger partial charge on any atom is 0.0537 e. The summed E-state index contributed by atoms with van der Waals surface area (Å²) in [5.74, 6) is 1.28. The van der Waals surface area contributed by atoms with Gasteiger partial charge in [0.1, 0.15) is 0 Å². The van der Waals surface area contributed by atoms with E-state index < -0.39 is 0 Å². The molecule has 0 fully saturated rings. The zero-order valence-electron chi connectivity index (χ0n) is 8.16. The second kappa shape index (κ2) is 4.66. The standard InChI is InChI=1S/C11H20O/c1-9(10(2)12)8-11-6-4-3-5-7-11/h3-4,9-12H,5-8H2,1-2H3/t9?,10?,11-/m0/s1. The topological polar surface area (TPSA) is 20.2 Å². The molecule has 0 aromatic carbocycles. The van der Waals surface area contributed by atoms with Crippen molar-refractivity contribution in [2.45, 2.75) is 45.6 Å². The van der Waals surface area contributed by atoms with E-state index in [9.17, 15) is 5.11 Å². The molecule has 0 aliphatic heterocycles. The molecular formula is C11H20O. The van der Waals surface area contributed by atoms with Crippen LogP contribution in [0.5, 0.6) is 0 Å². The van der Waals surface area contributed by atoms with Gasteiger partial charge in [-0.2, -0.15) is 0 Å². The van der Waals surface area contributed by atoms with E-state index in [-0.39, 0.29) is 6.10 Å². The molecule has 1 rings (SSSR count). The van der Waals surface area contributed by atoms with Gasteiger partial charge >= 0.3 is 0 Å². The second-order valence-corrected chi connectivity index (χ2v) is 4.10. The molecule has 1 nitrogen and oxygen atoms in total. The first-order chi connectivity index (χ1) is 5.70. The minimum atomic E-state index is -0.143. The summed E-state index contributed by atoms with van der Waals surface area (Å²) in [6, 6.07) is 0. The van der Waals surface area contributed by atoms with Crippen LogP contribution in [-0.4, -0.2) is 11.2 Å². The lowest BCUT2D eigenvalue weighted by Gasteiger charge is -2.23. The van der Waals surface area contributed by atoms with Gasteiger partial charge in [-0.25, -0.2) is 0 Å². The molecule has 1 N–H and O–H groups in total. The van der Waals surface area contributed by atoms with Crippen molar-refractivity contribution in [3.8, 4) is 0 Å². The molecule has 0 bridgehead atoms. The Morgan fingerprint density at radius 2 is 2.17 bits per heavy atom. The summed E-state index contributed by atoms with van der Waals surface area (Å²) in [5.41, 5.74) is 0. The van der Waals surface area contributed by atoms with Crippen LogP contribution in [0.3, 0.4) is 0 Å². The molecular weight excluding hydrogens is 148 g/mol. The molecule has 2 unspecified atom stereocenters. The second-order valence-electron chi connectivity index (χ2n) is 4.10. The Hall–Kier alpha value is -0.300. The van der Waals surface area contributed by atoms with E-state index in [0.717, 1.165) is 5.92 Å². The van der Waals surface area contributed by atoms with Gasteiger partial charge in [-0.05, 0) is 44.4 Å². The van der Waals surface area contributed by atoms with Gasteiger partial charge in [0, 0.05) is 0 Å². The van der Waals surface area contributed by atoms with Crippen LogP contribution in [0.4, 0.5) is 0 Å². The highest BCUT2D eigenvalue weighted by molar-refractivity contribution is 4.90. The number of hydrogen-bond acceptors (Lipinski definition) is 1. The maximum atomic E-state index is 9.33. The van der Waals surface area contributed by atoms with Gasteiger partial charge in [-0.1, -0.05) is 19.1 Å². The summed E-state index contributed by atoms with van der Waals surface area (Å²) in [7, 11) is 0. The van der Waals surface area contributed by atoms with E-state index in [1.807, 2.05) is 6.92 Å². The van der Waals surface area contributed by atoms with Crippen molar-refractivity contribution in [2.75, 3.05) is 0 Å². The van der Waals surface area contributed by atoms with Crippen molar-refractivity contribution in [2.24, 2.45) is 11.8 Å². The molecule has 0 saturated carbocycles. The van der Waals surface area contributed by atoms with Crippen molar-refractivity contribution < 1.29 is 5.11 Å². The number of aliphatic hydroxyl groups excluding tert-OH is 1. The fraction of sp³-hybridized carbons (Fsp3) is 0.818. The van der Waals surface area contributed by atoms with Crippen molar-refractivity contribution in [1.82, 2.24) is 0 Å².